The summed E-state index contributed by atoms with van der Waals surface area (Å²) in [5.74, 6) is 0.434. The number of amides is 1. The summed E-state index contributed by atoms with van der Waals surface area (Å²) in [7, 11) is 0. The molecule has 3 aliphatic rings. The summed E-state index contributed by atoms with van der Waals surface area (Å²) in [6.45, 7) is 6.02. The normalized spacial score (nSPS) is 28.2. The Bertz CT molecular complexity index is 726. The van der Waals surface area contributed by atoms with Gasteiger partial charge < -0.3 is 10.0 Å². The van der Waals surface area contributed by atoms with Gasteiger partial charge in [-0.3, -0.25) is 14.5 Å². The quantitative estimate of drug-likeness (QED) is 0.818. The van der Waals surface area contributed by atoms with Gasteiger partial charge in [-0.25, -0.2) is 0 Å². The smallest absolute Gasteiger partial charge is 0.320 e. The van der Waals surface area contributed by atoms with Crippen LogP contribution in [-0.2, 0) is 16.0 Å². The minimum atomic E-state index is -0.772. The molecule has 5 nitrogen and oxygen atoms in total. The third-order valence-corrected chi connectivity index (χ3v) is 6.74. The zero-order chi connectivity index (χ0) is 19.8. The lowest BCUT2D eigenvalue weighted by Gasteiger charge is -2.30. The fourth-order valence-corrected chi connectivity index (χ4v) is 5.00. The highest BCUT2D eigenvalue weighted by Gasteiger charge is 2.49. The van der Waals surface area contributed by atoms with Crippen molar-refractivity contribution in [2.24, 2.45) is 5.92 Å². The Hall–Kier alpha value is -1.88. The second kappa shape index (κ2) is 7.86. The van der Waals surface area contributed by atoms with Crippen molar-refractivity contribution < 1.29 is 14.7 Å². The zero-order valence-electron chi connectivity index (χ0n) is 17.0. The van der Waals surface area contributed by atoms with Gasteiger partial charge in [0.1, 0.15) is 6.04 Å². The highest BCUT2D eigenvalue weighted by Crippen LogP contribution is 2.38. The lowest BCUT2D eigenvalue weighted by Crippen LogP contribution is -2.50. The van der Waals surface area contributed by atoms with Gasteiger partial charge in [0.15, 0.2) is 0 Å². The van der Waals surface area contributed by atoms with E-state index in [1.807, 2.05) is 9.80 Å². The fourth-order valence-electron chi connectivity index (χ4n) is 5.00. The van der Waals surface area contributed by atoms with Crippen LogP contribution in [0.15, 0.2) is 24.3 Å². The van der Waals surface area contributed by atoms with E-state index in [4.69, 9.17) is 0 Å². The molecule has 0 radical (unpaired) electrons. The standard InChI is InChI=1S/C23H32N2O3/c1-15(2)18-5-3-16(4-6-18)13-17-11-12-24(14-17)22(26)20-9-10-21(23(27)28)25(20)19-7-8-19/h3-6,15,17,19-21H,7-14H2,1-2H3,(H,27,28). The molecular weight excluding hydrogens is 352 g/mol. The second-order valence-corrected chi connectivity index (χ2v) is 9.16. The van der Waals surface area contributed by atoms with Crippen molar-refractivity contribution in [3.63, 3.8) is 0 Å². The predicted octanol–water partition coefficient (Wildman–Crippen LogP) is 3.28. The number of carbonyl (C=O) groups excluding carboxylic acids is 1. The Morgan fingerprint density at radius 3 is 2.32 bits per heavy atom. The maximum atomic E-state index is 13.2. The largest absolute Gasteiger partial charge is 0.480 e. The van der Waals surface area contributed by atoms with Gasteiger partial charge in [-0.1, -0.05) is 38.1 Å². The van der Waals surface area contributed by atoms with Crippen molar-refractivity contribution in [3.05, 3.63) is 35.4 Å². The Kier molecular flexibility index (Phi) is 5.46. The van der Waals surface area contributed by atoms with Crippen LogP contribution in [0.2, 0.25) is 0 Å². The number of carboxylic acids is 1. The Morgan fingerprint density at radius 1 is 1.04 bits per heavy atom. The Balaban J connectivity index is 1.36. The average Bonchev–Trinajstić information content (AvgIpc) is 3.23. The molecule has 1 aromatic carbocycles. The Morgan fingerprint density at radius 2 is 1.71 bits per heavy atom. The number of hydrogen-bond acceptors (Lipinski definition) is 3. The van der Waals surface area contributed by atoms with Crippen LogP contribution >= 0.6 is 0 Å². The number of aliphatic carboxylic acids is 1. The minimum Gasteiger partial charge on any atom is -0.480 e. The Labute approximate surface area is 167 Å². The number of likely N-dealkylation sites (tertiary alicyclic amines) is 2. The maximum Gasteiger partial charge on any atom is 0.320 e. The van der Waals surface area contributed by atoms with Crippen molar-refractivity contribution in [1.29, 1.82) is 0 Å². The molecule has 1 aromatic rings. The van der Waals surface area contributed by atoms with E-state index in [2.05, 4.69) is 38.1 Å². The average molecular weight is 385 g/mol. The van der Waals surface area contributed by atoms with E-state index >= 15 is 0 Å². The number of benzene rings is 1. The number of rotatable bonds is 6. The van der Waals surface area contributed by atoms with Gasteiger partial charge in [0.2, 0.25) is 5.91 Å². The number of hydrogen-bond donors (Lipinski definition) is 1. The molecule has 28 heavy (non-hydrogen) atoms. The van der Waals surface area contributed by atoms with Gasteiger partial charge in [0.25, 0.3) is 0 Å². The van der Waals surface area contributed by atoms with Gasteiger partial charge >= 0.3 is 5.97 Å². The summed E-state index contributed by atoms with van der Waals surface area (Å²) < 4.78 is 0. The molecule has 3 atom stereocenters. The molecule has 0 aromatic heterocycles. The van der Waals surface area contributed by atoms with Crippen molar-refractivity contribution in [1.82, 2.24) is 9.80 Å². The third kappa shape index (κ3) is 3.95. The van der Waals surface area contributed by atoms with Crippen LogP contribution in [0.5, 0.6) is 0 Å². The van der Waals surface area contributed by atoms with Crippen LogP contribution in [0, 0.1) is 5.92 Å². The minimum absolute atomic E-state index is 0.160. The van der Waals surface area contributed by atoms with Gasteiger partial charge in [0.05, 0.1) is 6.04 Å². The van der Waals surface area contributed by atoms with E-state index in [1.54, 1.807) is 0 Å². The maximum absolute atomic E-state index is 13.2. The van der Waals surface area contributed by atoms with Crippen LogP contribution in [-0.4, -0.2) is 58.0 Å². The van der Waals surface area contributed by atoms with E-state index < -0.39 is 12.0 Å². The lowest BCUT2D eigenvalue weighted by atomic mass is 9.96. The molecule has 152 valence electrons. The molecule has 2 saturated heterocycles. The molecule has 5 heteroatoms. The number of carboxylic acid groups (broad SMARTS) is 1. The highest BCUT2D eigenvalue weighted by molar-refractivity contribution is 5.85. The van der Waals surface area contributed by atoms with Crippen LogP contribution in [0.4, 0.5) is 0 Å². The molecular formula is C23H32N2O3. The summed E-state index contributed by atoms with van der Waals surface area (Å²) >= 11 is 0. The SMILES string of the molecule is CC(C)c1ccc(CC2CCN(C(=O)C3CCC(C(=O)O)N3C3CC3)C2)cc1. The topological polar surface area (TPSA) is 60.9 Å². The van der Waals surface area contributed by atoms with Crippen molar-refractivity contribution in [2.75, 3.05) is 13.1 Å². The molecule has 1 amide bonds. The number of nitrogens with zero attached hydrogens (tertiary/aromatic N) is 2. The van der Waals surface area contributed by atoms with E-state index in [0.29, 0.717) is 30.7 Å². The summed E-state index contributed by atoms with van der Waals surface area (Å²) in [4.78, 5) is 28.8. The first-order chi connectivity index (χ1) is 13.4. The van der Waals surface area contributed by atoms with E-state index in [1.165, 1.54) is 11.1 Å². The van der Waals surface area contributed by atoms with Gasteiger partial charge in [-0.2, -0.15) is 0 Å². The van der Waals surface area contributed by atoms with E-state index in [-0.39, 0.29) is 11.9 Å². The molecule has 3 unspecified atom stereocenters. The summed E-state index contributed by atoms with van der Waals surface area (Å²) in [5.41, 5.74) is 2.71. The summed E-state index contributed by atoms with van der Waals surface area (Å²) in [6.07, 6.45) is 5.39. The molecule has 1 aliphatic carbocycles. The zero-order valence-corrected chi connectivity index (χ0v) is 17.0. The van der Waals surface area contributed by atoms with Crippen LogP contribution < -0.4 is 0 Å². The predicted molar refractivity (Wildman–Crippen MR) is 108 cm³/mol. The molecule has 2 aliphatic heterocycles. The van der Waals surface area contributed by atoms with E-state index in [9.17, 15) is 14.7 Å². The van der Waals surface area contributed by atoms with Crippen molar-refractivity contribution in [3.8, 4) is 0 Å². The van der Waals surface area contributed by atoms with Crippen LogP contribution in [0.25, 0.3) is 0 Å². The third-order valence-electron chi connectivity index (χ3n) is 6.74. The first kappa shape index (κ1) is 19.4. The first-order valence-electron chi connectivity index (χ1n) is 10.8. The molecule has 4 rings (SSSR count). The van der Waals surface area contributed by atoms with Crippen LogP contribution in [0.1, 0.15) is 63.0 Å². The fraction of sp³-hybridized carbons (Fsp3) is 0.652. The summed E-state index contributed by atoms with van der Waals surface area (Å²) in [6, 6.07) is 8.49. The van der Waals surface area contributed by atoms with Crippen molar-refractivity contribution >= 4 is 11.9 Å². The van der Waals surface area contributed by atoms with Gasteiger partial charge in [-0.05, 0) is 61.5 Å². The van der Waals surface area contributed by atoms with Gasteiger partial charge in [-0.15, -0.1) is 0 Å². The van der Waals surface area contributed by atoms with E-state index in [0.717, 1.165) is 38.8 Å². The highest BCUT2D eigenvalue weighted by atomic mass is 16.4. The molecule has 0 spiro atoms. The molecule has 3 fully saturated rings. The molecule has 1 N–H and O–H groups in total. The molecule has 2 heterocycles. The molecule has 1 saturated carbocycles. The molecule has 0 bridgehead atoms. The van der Waals surface area contributed by atoms with Crippen LogP contribution in [0.3, 0.4) is 0 Å². The lowest BCUT2D eigenvalue weighted by molar-refractivity contribution is -0.144. The first-order valence-corrected chi connectivity index (χ1v) is 10.8. The monoisotopic (exact) mass is 384 g/mol. The second-order valence-electron chi connectivity index (χ2n) is 9.16. The number of carbonyl (C=O) groups is 2. The summed E-state index contributed by atoms with van der Waals surface area (Å²) in [5, 5.41) is 9.52. The van der Waals surface area contributed by atoms with Crippen molar-refractivity contribution in [2.45, 2.75) is 76.4 Å². The van der Waals surface area contributed by atoms with Gasteiger partial charge in [0, 0.05) is 19.1 Å².